The minimum absolute atomic E-state index is 0.0583. The van der Waals surface area contributed by atoms with Crippen molar-refractivity contribution in [1.82, 2.24) is 4.98 Å². The van der Waals surface area contributed by atoms with Crippen molar-refractivity contribution in [2.24, 2.45) is 0 Å². The van der Waals surface area contributed by atoms with Crippen LogP contribution in [0.25, 0.3) is 0 Å². The van der Waals surface area contributed by atoms with Gasteiger partial charge in [-0.25, -0.2) is 9.78 Å². The first kappa shape index (κ1) is 14.2. The predicted molar refractivity (Wildman–Crippen MR) is 68.8 cm³/mol. The molecule has 1 unspecified atom stereocenters. The molecule has 0 aromatic carbocycles. The maximum absolute atomic E-state index is 11.7. The summed E-state index contributed by atoms with van der Waals surface area (Å²) in [5.74, 6) is -1.20. The number of rotatable bonds is 3. The van der Waals surface area contributed by atoms with E-state index in [2.05, 4.69) is 9.72 Å². The van der Waals surface area contributed by atoms with Crippen molar-refractivity contribution in [3.8, 4) is 0 Å². The molecule has 0 bridgehead atoms. The molecule has 0 aliphatic carbocycles. The molecule has 106 valence electrons. The smallest absolute Gasteiger partial charge is 0.339 e. The van der Waals surface area contributed by atoms with Gasteiger partial charge in [-0.15, -0.1) is 11.6 Å². The molecule has 1 fully saturated rings. The zero-order chi connectivity index (χ0) is 14.9. The second kappa shape index (κ2) is 5.41. The molecule has 8 nitrogen and oxygen atoms in total. The molecule has 0 spiro atoms. The standard InChI is InChI=1S/C11H10ClN3O5/c1-20-11(17)6-2-8(15(18)19)10(13-4-6)14-5-7(12)3-9(14)16/h2,4,7H,3,5H2,1H3. The highest BCUT2D eigenvalue weighted by molar-refractivity contribution is 6.24. The summed E-state index contributed by atoms with van der Waals surface area (Å²) >= 11 is 5.85. The predicted octanol–water partition coefficient (Wildman–Crippen LogP) is 1.12. The molecule has 1 aromatic rings. The van der Waals surface area contributed by atoms with Crippen LogP contribution in [0.4, 0.5) is 11.5 Å². The van der Waals surface area contributed by atoms with Crippen molar-refractivity contribution in [1.29, 1.82) is 0 Å². The van der Waals surface area contributed by atoms with Gasteiger partial charge in [0.05, 0.1) is 23.0 Å². The van der Waals surface area contributed by atoms with Crippen LogP contribution in [0.3, 0.4) is 0 Å². The van der Waals surface area contributed by atoms with Gasteiger partial charge in [0.15, 0.2) is 0 Å². The molecule has 0 radical (unpaired) electrons. The topological polar surface area (TPSA) is 103 Å². The van der Waals surface area contributed by atoms with Gasteiger partial charge in [-0.1, -0.05) is 0 Å². The lowest BCUT2D eigenvalue weighted by atomic mass is 10.2. The average Bonchev–Trinajstić information content (AvgIpc) is 2.76. The first-order chi connectivity index (χ1) is 9.43. The van der Waals surface area contributed by atoms with Crippen molar-refractivity contribution in [3.63, 3.8) is 0 Å². The van der Waals surface area contributed by atoms with Crippen LogP contribution >= 0.6 is 11.6 Å². The van der Waals surface area contributed by atoms with Crippen molar-refractivity contribution in [2.45, 2.75) is 11.8 Å². The van der Waals surface area contributed by atoms with Crippen LogP contribution in [0.15, 0.2) is 12.3 Å². The number of alkyl halides is 1. The lowest BCUT2D eigenvalue weighted by Gasteiger charge is -2.14. The Kier molecular flexibility index (Phi) is 3.84. The molecule has 0 N–H and O–H groups in total. The van der Waals surface area contributed by atoms with Gasteiger partial charge in [0, 0.05) is 25.2 Å². The minimum Gasteiger partial charge on any atom is -0.465 e. The van der Waals surface area contributed by atoms with Crippen LogP contribution < -0.4 is 4.90 Å². The van der Waals surface area contributed by atoms with Gasteiger partial charge in [0.1, 0.15) is 0 Å². The molecular formula is C11H10ClN3O5. The Hall–Kier alpha value is -2.22. The Balaban J connectivity index is 2.46. The first-order valence-electron chi connectivity index (χ1n) is 5.61. The summed E-state index contributed by atoms with van der Waals surface area (Å²) in [4.78, 5) is 38.4. The van der Waals surface area contributed by atoms with Gasteiger partial charge in [-0.05, 0) is 0 Å². The van der Waals surface area contributed by atoms with Gasteiger partial charge in [0.2, 0.25) is 11.7 Å². The van der Waals surface area contributed by atoms with Crippen LogP contribution in [0.1, 0.15) is 16.8 Å². The zero-order valence-corrected chi connectivity index (χ0v) is 11.2. The lowest BCUT2D eigenvalue weighted by molar-refractivity contribution is -0.384. The molecule has 1 aliphatic heterocycles. The number of carbonyl (C=O) groups excluding carboxylic acids is 2. The lowest BCUT2D eigenvalue weighted by Crippen LogP contribution is -2.26. The quantitative estimate of drug-likeness (QED) is 0.358. The summed E-state index contributed by atoms with van der Waals surface area (Å²) in [6, 6.07) is 1.03. The fourth-order valence-corrected chi connectivity index (χ4v) is 2.16. The van der Waals surface area contributed by atoms with Gasteiger partial charge in [-0.3, -0.25) is 19.8 Å². The van der Waals surface area contributed by atoms with E-state index in [4.69, 9.17) is 11.6 Å². The number of hydrogen-bond donors (Lipinski definition) is 0. The molecule has 1 amide bonds. The van der Waals surface area contributed by atoms with E-state index < -0.39 is 22.0 Å². The van der Waals surface area contributed by atoms with E-state index >= 15 is 0 Å². The number of carbonyl (C=O) groups is 2. The molecule has 2 heterocycles. The van der Waals surface area contributed by atoms with Gasteiger partial charge in [0.25, 0.3) is 0 Å². The van der Waals surface area contributed by atoms with Gasteiger partial charge >= 0.3 is 11.7 Å². The van der Waals surface area contributed by atoms with E-state index in [1.165, 1.54) is 0 Å². The normalized spacial score (nSPS) is 18.2. The molecular weight excluding hydrogens is 290 g/mol. The number of hydrogen-bond acceptors (Lipinski definition) is 6. The summed E-state index contributed by atoms with van der Waals surface area (Å²) in [6.45, 7) is 0.145. The summed E-state index contributed by atoms with van der Waals surface area (Å²) in [7, 11) is 1.16. The monoisotopic (exact) mass is 299 g/mol. The van der Waals surface area contributed by atoms with Crippen LogP contribution in [-0.4, -0.2) is 40.8 Å². The molecule has 0 saturated carbocycles. The number of nitrogens with zero attached hydrogens (tertiary/aromatic N) is 3. The number of esters is 1. The number of ether oxygens (including phenoxy) is 1. The molecule has 1 aromatic heterocycles. The third-order valence-electron chi connectivity index (χ3n) is 2.80. The number of halogens is 1. The highest BCUT2D eigenvalue weighted by Gasteiger charge is 2.34. The Bertz CT molecular complexity index is 591. The third-order valence-corrected chi connectivity index (χ3v) is 3.09. The maximum atomic E-state index is 11.7. The fraction of sp³-hybridized carbons (Fsp3) is 0.364. The minimum atomic E-state index is -0.741. The highest BCUT2D eigenvalue weighted by Crippen LogP contribution is 2.31. The van der Waals surface area contributed by atoms with Crippen molar-refractivity contribution < 1.29 is 19.2 Å². The van der Waals surface area contributed by atoms with Crippen LogP contribution in [0.2, 0.25) is 0 Å². The second-order valence-corrected chi connectivity index (χ2v) is 4.74. The number of anilines is 1. The van der Waals surface area contributed by atoms with Crippen molar-refractivity contribution in [2.75, 3.05) is 18.6 Å². The maximum Gasteiger partial charge on any atom is 0.339 e. The highest BCUT2D eigenvalue weighted by atomic mass is 35.5. The number of pyridine rings is 1. The number of aromatic nitrogens is 1. The van der Waals surface area contributed by atoms with Crippen LogP contribution in [0, 0.1) is 10.1 Å². The summed E-state index contributed by atoms with van der Waals surface area (Å²) in [6.07, 6.45) is 1.22. The summed E-state index contributed by atoms with van der Waals surface area (Å²) in [5, 5.41) is 10.7. The molecule has 1 saturated heterocycles. The molecule has 2 rings (SSSR count). The zero-order valence-electron chi connectivity index (χ0n) is 10.4. The third kappa shape index (κ3) is 2.55. The first-order valence-corrected chi connectivity index (χ1v) is 6.05. The Morgan fingerprint density at radius 1 is 1.65 bits per heavy atom. The number of nitro groups is 1. The fourth-order valence-electron chi connectivity index (χ4n) is 1.89. The van der Waals surface area contributed by atoms with E-state index in [9.17, 15) is 19.7 Å². The Labute approximate surface area is 118 Å². The Morgan fingerprint density at radius 3 is 2.85 bits per heavy atom. The van der Waals surface area contributed by atoms with E-state index in [0.717, 1.165) is 24.3 Å². The second-order valence-electron chi connectivity index (χ2n) is 4.12. The van der Waals surface area contributed by atoms with E-state index in [1.807, 2.05) is 0 Å². The van der Waals surface area contributed by atoms with Crippen LogP contribution in [0.5, 0.6) is 0 Å². The van der Waals surface area contributed by atoms with Crippen molar-refractivity contribution in [3.05, 3.63) is 27.9 Å². The number of methoxy groups -OCH3 is 1. The van der Waals surface area contributed by atoms with Gasteiger partial charge in [-0.2, -0.15) is 0 Å². The molecule has 1 aliphatic rings. The summed E-state index contributed by atoms with van der Waals surface area (Å²) < 4.78 is 4.47. The van der Waals surface area contributed by atoms with E-state index in [-0.39, 0.29) is 30.3 Å². The molecule has 1 atom stereocenters. The average molecular weight is 300 g/mol. The van der Waals surface area contributed by atoms with Crippen LogP contribution in [-0.2, 0) is 9.53 Å². The van der Waals surface area contributed by atoms with E-state index in [0.29, 0.717) is 0 Å². The molecule has 9 heteroatoms. The van der Waals surface area contributed by atoms with Crippen molar-refractivity contribution >= 4 is 35.0 Å². The molecule has 20 heavy (non-hydrogen) atoms. The summed E-state index contributed by atoms with van der Waals surface area (Å²) in [5.41, 5.74) is -0.496. The van der Waals surface area contributed by atoms with E-state index in [1.54, 1.807) is 0 Å². The number of amides is 1. The largest absolute Gasteiger partial charge is 0.465 e. The SMILES string of the molecule is COC(=O)c1cnc(N2CC(Cl)CC2=O)c([N+](=O)[O-])c1. The van der Waals surface area contributed by atoms with Gasteiger partial charge < -0.3 is 4.74 Å². The Morgan fingerprint density at radius 2 is 2.35 bits per heavy atom.